The summed E-state index contributed by atoms with van der Waals surface area (Å²) in [6.07, 6.45) is 2.50. The van der Waals surface area contributed by atoms with E-state index in [9.17, 15) is 18.5 Å². The Labute approximate surface area is 195 Å². The van der Waals surface area contributed by atoms with Crippen molar-refractivity contribution in [1.29, 1.82) is 5.26 Å². The molecule has 0 spiro atoms. The van der Waals surface area contributed by atoms with Gasteiger partial charge in [-0.2, -0.15) is 10.2 Å². The number of allylic oxidation sites excluding steroid dienone is 1. The van der Waals surface area contributed by atoms with Crippen LogP contribution in [-0.4, -0.2) is 24.9 Å². The van der Waals surface area contributed by atoms with Crippen LogP contribution in [0.3, 0.4) is 0 Å². The van der Waals surface area contributed by atoms with Gasteiger partial charge in [0.2, 0.25) is 15.7 Å². The first-order chi connectivity index (χ1) is 16.3. The lowest BCUT2D eigenvalue weighted by atomic mass is 10.2. The third-order valence-electron chi connectivity index (χ3n) is 5.01. The van der Waals surface area contributed by atoms with Crippen molar-refractivity contribution >= 4 is 21.6 Å². The molecular weight excluding hydrogens is 454 g/mol. The van der Waals surface area contributed by atoms with Gasteiger partial charge in [0.05, 0.1) is 12.0 Å². The van der Waals surface area contributed by atoms with E-state index in [0.29, 0.717) is 17.1 Å². The molecule has 34 heavy (non-hydrogen) atoms. The summed E-state index contributed by atoms with van der Waals surface area (Å²) in [4.78, 5) is 17.0. The number of fused-ring (bicyclic) bond motifs is 1. The third kappa shape index (κ3) is 4.40. The van der Waals surface area contributed by atoms with E-state index in [0.717, 1.165) is 11.6 Å². The number of nitrogens with zero attached hydrogens (tertiary/aromatic N) is 3. The molecule has 0 fully saturated rings. The maximum atomic E-state index is 13.3. The van der Waals surface area contributed by atoms with Gasteiger partial charge in [-0.05, 0) is 61.5 Å². The minimum absolute atomic E-state index is 0.0580. The SMILES string of the molecule is COc1ccc(Oc2nc3ccccn3c(=O)c2C=C(C#N)S(=O)(=O)c2ccc(C)cc2)cc1. The number of nitriles is 1. The summed E-state index contributed by atoms with van der Waals surface area (Å²) in [5, 5.41) is 9.70. The Morgan fingerprint density at radius 2 is 1.71 bits per heavy atom. The Bertz CT molecular complexity index is 1600. The molecule has 0 atom stereocenters. The molecule has 0 bridgehead atoms. The fourth-order valence-corrected chi connectivity index (χ4v) is 4.33. The van der Waals surface area contributed by atoms with Gasteiger partial charge in [0, 0.05) is 6.20 Å². The number of benzene rings is 2. The Hall–Kier alpha value is -4.42. The first-order valence-electron chi connectivity index (χ1n) is 10.1. The van der Waals surface area contributed by atoms with E-state index in [1.807, 2.05) is 6.92 Å². The van der Waals surface area contributed by atoms with Crippen LogP contribution in [0.5, 0.6) is 17.4 Å². The first-order valence-corrected chi connectivity index (χ1v) is 11.6. The summed E-state index contributed by atoms with van der Waals surface area (Å²) in [6, 6.07) is 19.3. The first kappa shape index (κ1) is 22.8. The van der Waals surface area contributed by atoms with Crippen LogP contribution in [0.4, 0.5) is 0 Å². The molecule has 8 nitrogen and oxygen atoms in total. The molecule has 9 heteroatoms. The zero-order valence-corrected chi connectivity index (χ0v) is 19.1. The van der Waals surface area contributed by atoms with Gasteiger partial charge in [-0.15, -0.1) is 0 Å². The lowest BCUT2D eigenvalue weighted by Crippen LogP contribution is -2.19. The van der Waals surface area contributed by atoms with Gasteiger partial charge in [-0.3, -0.25) is 9.20 Å². The van der Waals surface area contributed by atoms with E-state index in [-0.39, 0.29) is 16.3 Å². The van der Waals surface area contributed by atoms with E-state index in [1.54, 1.807) is 60.7 Å². The van der Waals surface area contributed by atoms with Gasteiger partial charge in [-0.25, -0.2) is 8.42 Å². The summed E-state index contributed by atoms with van der Waals surface area (Å²) in [6.45, 7) is 1.82. The molecule has 170 valence electrons. The highest BCUT2D eigenvalue weighted by Crippen LogP contribution is 2.28. The number of ether oxygens (including phenoxy) is 2. The molecule has 2 aromatic heterocycles. The lowest BCUT2D eigenvalue weighted by molar-refractivity contribution is 0.412. The largest absolute Gasteiger partial charge is 0.497 e. The Morgan fingerprint density at radius 1 is 1.03 bits per heavy atom. The molecule has 0 N–H and O–H groups in total. The van der Waals surface area contributed by atoms with Crippen LogP contribution in [0.15, 0.2) is 87.5 Å². The number of pyridine rings is 1. The monoisotopic (exact) mass is 473 g/mol. The summed E-state index contributed by atoms with van der Waals surface area (Å²) >= 11 is 0. The van der Waals surface area contributed by atoms with Crippen LogP contribution < -0.4 is 15.0 Å². The fourth-order valence-electron chi connectivity index (χ4n) is 3.18. The molecule has 0 aliphatic heterocycles. The minimum Gasteiger partial charge on any atom is -0.497 e. The number of aromatic nitrogens is 2. The maximum Gasteiger partial charge on any atom is 0.269 e. The molecule has 4 rings (SSSR count). The second kappa shape index (κ2) is 9.21. The van der Waals surface area contributed by atoms with E-state index in [1.165, 1.54) is 29.8 Å². The normalized spacial score (nSPS) is 11.7. The number of aryl methyl sites for hydroxylation is 1. The molecule has 2 heterocycles. The summed E-state index contributed by atoms with van der Waals surface area (Å²) in [7, 11) is -2.65. The molecule has 0 aliphatic carbocycles. The molecule has 2 aromatic carbocycles. The predicted octanol–water partition coefficient (Wildman–Crippen LogP) is 4.14. The lowest BCUT2D eigenvalue weighted by Gasteiger charge is -2.11. The van der Waals surface area contributed by atoms with E-state index < -0.39 is 20.3 Å². The zero-order chi connectivity index (χ0) is 24.3. The predicted molar refractivity (Wildman–Crippen MR) is 126 cm³/mol. The Kier molecular flexibility index (Phi) is 6.17. The van der Waals surface area contributed by atoms with Crippen molar-refractivity contribution < 1.29 is 17.9 Å². The number of hydrogen-bond donors (Lipinski definition) is 0. The summed E-state index contributed by atoms with van der Waals surface area (Å²) < 4.78 is 38.5. The molecule has 4 aromatic rings. The molecular formula is C25H19N3O5S. The summed E-state index contributed by atoms with van der Waals surface area (Å²) in [5.41, 5.74) is 0.411. The van der Waals surface area contributed by atoms with Crippen molar-refractivity contribution in [1.82, 2.24) is 9.38 Å². The van der Waals surface area contributed by atoms with Crippen LogP contribution in [0.25, 0.3) is 11.7 Å². The number of hydrogen-bond acceptors (Lipinski definition) is 7. The van der Waals surface area contributed by atoms with Crippen LogP contribution in [0.1, 0.15) is 11.1 Å². The average molecular weight is 474 g/mol. The third-order valence-corrected chi connectivity index (χ3v) is 6.70. The van der Waals surface area contributed by atoms with Crippen molar-refractivity contribution in [2.24, 2.45) is 0 Å². The van der Waals surface area contributed by atoms with Crippen LogP contribution in [0.2, 0.25) is 0 Å². The molecule has 0 aliphatic rings. The number of sulfone groups is 1. The second-order valence-corrected chi connectivity index (χ2v) is 9.20. The summed E-state index contributed by atoms with van der Waals surface area (Å²) in [5.74, 6) is 0.825. The van der Waals surface area contributed by atoms with Gasteiger partial charge >= 0.3 is 0 Å². The molecule has 0 unspecified atom stereocenters. The Balaban J connectivity index is 1.90. The highest BCUT2D eigenvalue weighted by Gasteiger charge is 2.23. The van der Waals surface area contributed by atoms with Crippen molar-refractivity contribution in [2.45, 2.75) is 11.8 Å². The highest BCUT2D eigenvalue weighted by molar-refractivity contribution is 7.95. The standard InChI is InChI=1S/C25H19N3O5S/c1-17-6-12-20(13-7-17)34(30,31)21(16-26)15-22-24(33-19-10-8-18(32-2)9-11-19)27-23-5-3-4-14-28(23)25(22)29/h3-15H,1-2H3. The molecule has 0 amide bonds. The second-order valence-electron chi connectivity index (χ2n) is 7.28. The van der Waals surface area contributed by atoms with Gasteiger partial charge < -0.3 is 9.47 Å². The van der Waals surface area contributed by atoms with E-state index in [2.05, 4.69) is 4.98 Å². The fraction of sp³-hybridized carbons (Fsp3) is 0.0800. The van der Waals surface area contributed by atoms with Crippen molar-refractivity contribution in [2.75, 3.05) is 7.11 Å². The quantitative estimate of drug-likeness (QED) is 0.387. The molecule has 0 saturated carbocycles. The molecule has 0 saturated heterocycles. The number of rotatable bonds is 6. The van der Waals surface area contributed by atoms with Crippen molar-refractivity contribution in [3.05, 3.63) is 99.3 Å². The van der Waals surface area contributed by atoms with Crippen LogP contribution in [-0.2, 0) is 9.84 Å². The van der Waals surface area contributed by atoms with Crippen molar-refractivity contribution in [3.63, 3.8) is 0 Å². The Morgan fingerprint density at radius 3 is 2.35 bits per heavy atom. The molecule has 0 radical (unpaired) electrons. The smallest absolute Gasteiger partial charge is 0.269 e. The van der Waals surface area contributed by atoms with Crippen LogP contribution in [0, 0.1) is 18.3 Å². The minimum atomic E-state index is -4.18. The van der Waals surface area contributed by atoms with Gasteiger partial charge in [-0.1, -0.05) is 23.8 Å². The highest BCUT2D eigenvalue weighted by atomic mass is 32.2. The van der Waals surface area contributed by atoms with Gasteiger partial charge in [0.25, 0.3) is 5.56 Å². The van der Waals surface area contributed by atoms with E-state index >= 15 is 0 Å². The maximum absolute atomic E-state index is 13.3. The zero-order valence-electron chi connectivity index (χ0n) is 18.3. The van der Waals surface area contributed by atoms with Crippen LogP contribution >= 0.6 is 0 Å². The van der Waals surface area contributed by atoms with Gasteiger partial charge in [0.15, 0.2) is 0 Å². The van der Waals surface area contributed by atoms with Crippen molar-refractivity contribution in [3.8, 4) is 23.4 Å². The van der Waals surface area contributed by atoms with Gasteiger partial charge in [0.1, 0.15) is 33.7 Å². The average Bonchev–Trinajstić information content (AvgIpc) is 2.84. The topological polar surface area (TPSA) is 111 Å². The number of methoxy groups -OCH3 is 1. The van der Waals surface area contributed by atoms with E-state index in [4.69, 9.17) is 9.47 Å².